The lowest BCUT2D eigenvalue weighted by molar-refractivity contribution is 0.341. The van der Waals surface area contributed by atoms with Crippen LogP contribution in [0.1, 0.15) is 5.69 Å². The van der Waals surface area contributed by atoms with Gasteiger partial charge in [0.2, 0.25) is 10.0 Å². The van der Waals surface area contributed by atoms with Crippen LogP contribution in [0, 0.1) is 6.92 Å². The first-order valence-corrected chi connectivity index (χ1v) is 8.02. The number of pyridine rings is 1. The summed E-state index contributed by atoms with van der Waals surface area (Å²) in [4.78, 5) is 4.09. The van der Waals surface area contributed by atoms with E-state index in [1.807, 2.05) is 0 Å². The van der Waals surface area contributed by atoms with Crippen molar-refractivity contribution in [2.45, 2.75) is 6.92 Å². The normalized spacial score (nSPS) is 11.1. The number of benzene rings is 1. The molecule has 0 spiro atoms. The van der Waals surface area contributed by atoms with Crippen LogP contribution in [0.2, 0.25) is 0 Å². The molecule has 6 nitrogen and oxygen atoms in total. The van der Waals surface area contributed by atoms with Crippen molar-refractivity contribution in [1.29, 1.82) is 0 Å². The fourth-order valence-electron chi connectivity index (χ4n) is 1.64. The fraction of sp³-hybridized carbons (Fsp3) is 0.214. The molecule has 0 aliphatic heterocycles. The van der Waals surface area contributed by atoms with Crippen LogP contribution in [0.25, 0.3) is 0 Å². The number of sulfonamides is 1. The topological polar surface area (TPSA) is 94.3 Å². The molecule has 0 fully saturated rings. The van der Waals surface area contributed by atoms with Gasteiger partial charge in [-0.1, -0.05) is 6.07 Å². The molecule has 3 N–H and O–H groups in total. The summed E-state index contributed by atoms with van der Waals surface area (Å²) in [6, 6.07) is 11.9. The molecule has 1 aromatic carbocycles. The second kappa shape index (κ2) is 6.45. The molecule has 0 bridgehead atoms. The largest absolute Gasteiger partial charge is 0.492 e. The van der Waals surface area contributed by atoms with E-state index < -0.39 is 10.0 Å². The predicted molar refractivity (Wildman–Crippen MR) is 82.7 cm³/mol. The molecule has 0 unspecified atom stereocenters. The summed E-state index contributed by atoms with van der Waals surface area (Å²) in [5, 5.41) is 0. The third kappa shape index (κ3) is 4.96. The summed E-state index contributed by atoms with van der Waals surface area (Å²) in [5.41, 5.74) is 6.93. The van der Waals surface area contributed by atoms with Gasteiger partial charge in [0, 0.05) is 11.4 Å². The number of hydrogen-bond acceptors (Lipinski definition) is 5. The Hall–Kier alpha value is -2.28. The molecule has 0 radical (unpaired) electrons. The van der Waals surface area contributed by atoms with Crippen LogP contribution >= 0.6 is 0 Å². The molecule has 0 aliphatic carbocycles. The first kappa shape index (κ1) is 15.1. The average Bonchev–Trinajstić information content (AvgIpc) is 2.40. The minimum Gasteiger partial charge on any atom is -0.492 e. The van der Waals surface area contributed by atoms with Gasteiger partial charge in [-0.3, -0.25) is 4.72 Å². The van der Waals surface area contributed by atoms with Crippen molar-refractivity contribution in [3.05, 3.63) is 48.2 Å². The lowest BCUT2D eigenvalue weighted by Gasteiger charge is -2.09. The van der Waals surface area contributed by atoms with E-state index in [0.717, 1.165) is 5.69 Å². The van der Waals surface area contributed by atoms with Gasteiger partial charge in [-0.15, -0.1) is 0 Å². The third-order valence-electron chi connectivity index (χ3n) is 2.65. The summed E-state index contributed by atoms with van der Waals surface area (Å²) in [5.74, 6) is 0.725. The van der Waals surface area contributed by atoms with Crippen LogP contribution in [0.5, 0.6) is 5.75 Å². The number of aromatic nitrogens is 1. The summed E-state index contributed by atoms with van der Waals surface area (Å²) in [7, 11) is -3.49. The van der Waals surface area contributed by atoms with Crippen molar-refractivity contribution in [1.82, 2.24) is 4.98 Å². The second-order valence-corrected chi connectivity index (χ2v) is 6.34. The van der Waals surface area contributed by atoms with E-state index in [-0.39, 0.29) is 12.4 Å². The maximum Gasteiger partial charge on any atom is 0.237 e. The van der Waals surface area contributed by atoms with Gasteiger partial charge in [0.1, 0.15) is 23.9 Å². The molecule has 0 saturated carbocycles. The molecule has 0 amide bonds. The van der Waals surface area contributed by atoms with Gasteiger partial charge in [0.15, 0.2) is 0 Å². The smallest absolute Gasteiger partial charge is 0.237 e. The molecule has 112 valence electrons. The maximum absolute atomic E-state index is 11.9. The Morgan fingerprint density at radius 2 is 1.90 bits per heavy atom. The molecule has 2 aromatic rings. The van der Waals surface area contributed by atoms with E-state index in [1.54, 1.807) is 49.4 Å². The van der Waals surface area contributed by atoms with Crippen molar-refractivity contribution < 1.29 is 13.2 Å². The number of anilines is 2. The van der Waals surface area contributed by atoms with Crippen LogP contribution in [-0.2, 0) is 10.0 Å². The zero-order valence-electron chi connectivity index (χ0n) is 11.6. The molecule has 7 heteroatoms. The van der Waals surface area contributed by atoms with Crippen molar-refractivity contribution in [3.63, 3.8) is 0 Å². The molecular formula is C14H17N3O3S. The van der Waals surface area contributed by atoms with Crippen LogP contribution in [-0.4, -0.2) is 25.8 Å². The van der Waals surface area contributed by atoms with Crippen LogP contribution in [0.15, 0.2) is 42.5 Å². The fourth-order valence-corrected chi connectivity index (χ4v) is 2.48. The van der Waals surface area contributed by atoms with Crippen LogP contribution in [0.4, 0.5) is 11.5 Å². The molecule has 2 rings (SSSR count). The first-order chi connectivity index (χ1) is 9.94. The summed E-state index contributed by atoms with van der Waals surface area (Å²) < 4.78 is 31.6. The number of rotatable bonds is 6. The van der Waals surface area contributed by atoms with Gasteiger partial charge in [-0.25, -0.2) is 13.4 Å². The van der Waals surface area contributed by atoms with Gasteiger partial charge in [-0.05, 0) is 43.3 Å². The Morgan fingerprint density at radius 1 is 1.19 bits per heavy atom. The molecule has 0 aliphatic rings. The van der Waals surface area contributed by atoms with Crippen molar-refractivity contribution >= 4 is 21.5 Å². The standard InChI is InChI=1S/C14H17N3O3S/c1-11-3-2-4-14(16-11)17-21(18,19)10-9-20-13-7-5-12(15)6-8-13/h2-8H,9-10,15H2,1H3,(H,16,17). The van der Waals surface area contributed by atoms with Crippen molar-refractivity contribution in [3.8, 4) is 5.75 Å². The number of nitrogens with one attached hydrogen (secondary N) is 1. The molecular weight excluding hydrogens is 290 g/mol. The Bertz CT molecular complexity index is 700. The highest BCUT2D eigenvalue weighted by Gasteiger charge is 2.11. The molecule has 21 heavy (non-hydrogen) atoms. The van der Waals surface area contributed by atoms with Crippen LogP contribution in [0.3, 0.4) is 0 Å². The Balaban J connectivity index is 1.88. The maximum atomic E-state index is 11.9. The number of ether oxygens (including phenoxy) is 1. The average molecular weight is 307 g/mol. The summed E-state index contributed by atoms with van der Waals surface area (Å²) in [6.07, 6.45) is 0. The highest BCUT2D eigenvalue weighted by Crippen LogP contribution is 2.13. The molecule has 1 heterocycles. The van der Waals surface area contributed by atoms with E-state index in [1.165, 1.54) is 0 Å². The first-order valence-electron chi connectivity index (χ1n) is 6.37. The molecule has 0 saturated heterocycles. The Kier molecular flexibility index (Phi) is 4.64. The van der Waals surface area contributed by atoms with Crippen molar-refractivity contribution in [2.75, 3.05) is 22.8 Å². The lowest BCUT2D eigenvalue weighted by Crippen LogP contribution is -2.21. The molecule has 0 atom stereocenters. The number of nitrogen functional groups attached to an aromatic ring is 1. The number of nitrogens with two attached hydrogens (primary N) is 1. The van der Waals surface area contributed by atoms with E-state index >= 15 is 0 Å². The number of aryl methyl sites for hydroxylation is 1. The summed E-state index contributed by atoms with van der Waals surface area (Å²) >= 11 is 0. The van der Waals surface area contributed by atoms with Gasteiger partial charge in [0.25, 0.3) is 0 Å². The highest BCUT2D eigenvalue weighted by molar-refractivity contribution is 7.92. The quantitative estimate of drug-likeness (QED) is 0.793. The van der Waals surface area contributed by atoms with Gasteiger partial charge in [0.05, 0.1) is 0 Å². The number of nitrogens with zero attached hydrogens (tertiary/aromatic N) is 1. The predicted octanol–water partition coefficient (Wildman–Crippen LogP) is 1.79. The van der Waals surface area contributed by atoms with E-state index in [2.05, 4.69) is 9.71 Å². The monoisotopic (exact) mass is 307 g/mol. The molecule has 1 aromatic heterocycles. The zero-order chi connectivity index (χ0) is 15.3. The van der Waals surface area contributed by atoms with Gasteiger partial charge < -0.3 is 10.5 Å². The minimum atomic E-state index is -3.49. The summed E-state index contributed by atoms with van der Waals surface area (Å²) in [6.45, 7) is 1.84. The minimum absolute atomic E-state index is 0.0467. The zero-order valence-corrected chi connectivity index (χ0v) is 12.4. The second-order valence-electron chi connectivity index (χ2n) is 4.50. The van der Waals surface area contributed by atoms with E-state index in [4.69, 9.17) is 10.5 Å². The highest BCUT2D eigenvalue weighted by atomic mass is 32.2. The van der Waals surface area contributed by atoms with Crippen molar-refractivity contribution in [2.24, 2.45) is 0 Å². The lowest BCUT2D eigenvalue weighted by atomic mass is 10.3. The van der Waals surface area contributed by atoms with Gasteiger partial charge >= 0.3 is 0 Å². The third-order valence-corrected chi connectivity index (χ3v) is 3.87. The SMILES string of the molecule is Cc1cccc(NS(=O)(=O)CCOc2ccc(N)cc2)n1. The number of hydrogen-bond donors (Lipinski definition) is 2. The van der Waals surface area contributed by atoms with E-state index in [0.29, 0.717) is 17.3 Å². The Morgan fingerprint density at radius 3 is 2.57 bits per heavy atom. The van der Waals surface area contributed by atoms with E-state index in [9.17, 15) is 8.42 Å². The van der Waals surface area contributed by atoms with Gasteiger partial charge in [-0.2, -0.15) is 0 Å². The van der Waals surface area contributed by atoms with Crippen LogP contribution < -0.4 is 15.2 Å². The Labute approximate surface area is 124 Å².